The summed E-state index contributed by atoms with van der Waals surface area (Å²) < 4.78 is 74.1. The average Bonchev–Trinajstić information content (AvgIpc) is 3.38. The number of halogens is 3. The third-order valence-corrected chi connectivity index (χ3v) is 8.34. The van der Waals surface area contributed by atoms with Gasteiger partial charge in [-0.05, 0) is 38.3 Å². The van der Waals surface area contributed by atoms with Crippen LogP contribution in [-0.2, 0) is 25.5 Å². The Bertz CT molecular complexity index is 1140. The fourth-order valence-electron chi connectivity index (χ4n) is 4.55. The molecule has 3 heterocycles. The van der Waals surface area contributed by atoms with Gasteiger partial charge in [0.25, 0.3) is 0 Å². The van der Waals surface area contributed by atoms with Gasteiger partial charge in [0, 0.05) is 25.8 Å². The van der Waals surface area contributed by atoms with Crippen LogP contribution in [-0.4, -0.2) is 60.3 Å². The van der Waals surface area contributed by atoms with Gasteiger partial charge < -0.3 is 14.7 Å². The van der Waals surface area contributed by atoms with E-state index in [1.54, 1.807) is 17.7 Å². The fourth-order valence-corrected chi connectivity index (χ4v) is 6.46. The molecule has 2 saturated heterocycles. The molecule has 2 aliphatic rings. The first-order valence-corrected chi connectivity index (χ1v) is 12.1. The smallest absolute Gasteiger partial charge is 0.417 e. The highest BCUT2D eigenvalue weighted by atomic mass is 32.2. The summed E-state index contributed by atoms with van der Waals surface area (Å²) in [4.78, 5) is 12.7. The molecule has 12 heteroatoms. The van der Waals surface area contributed by atoms with Gasteiger partial charge in [-0.15, -0.1) is 0 Å². The minimum atomic E-state index is -4.85. The number of carboxylic acid groups (broad SMARTS) is 1. The molecule has 4 rings (SSSR count). The molecule has 2 aromatic rings. The average molecular weight is 488 g/mol. The number of aromatic nitrogens is 2. The lowest BCUT2D eigenvalue weighted by Crippen LogP contribution is -2.38. The van der Waals surface area contributed by atoms with Gasteiger partial charge in [0.1, 0.15) is 11.9 Å². The molecule has 0 radical (unpaired) electrons. The van der Waals surface area contributed by atoms with Crippen LogP contribution in [0, 0.1) is 6.92 Å². The highest BCUT2D eigenvalue weighted by Crippen LogP contribution is 2.39. The van der Waals surface area contributed by atoms with Crippen molar-refractivity contribution < 1.29 is 36.2 Å². The minimum absolute atomic E-state index is 0.0430. The van der Waals surface area contributed by atoms with E-state index in [-0.39, 0.29) is 19.0 Å². The van der Waals surface area contributed by atoms with E-state index in [0.29, 0.717) is 37.6 Å². The summed E-state index contributed by atoms with van der Waals surface area (Å²) in [6.07, 6.45) is -3.85. The summed E-state index contributed by atoms with van der Waals surface area (Å²) in [6, 6.07) is 4.43. The van der Waals surface area contributed by atoms with Crippen LogP contribution in [0.2, 0.25) is 0 Å². The lowest BCUT2D eigenvalue weighted by molar-refractivity contribution is -0.140. The molecule has 0 bridgehead atoms. The predicted molar refractivity (Wildman–Crippen MR) is 112 cm³/mol. The number of aliphatic carboxylic acids is 1. The van der Waals surface area contributed by atoms with Crippen molar-refractivity contribution in [2.45, 2.75) is 54.6 Å². The van der Waals surface area contributed by atoms with E-state index < -0.39 is 43.7 Å². The Morgan fingerprint density at radius 2 is 1.88 bits per heavy atom. The molecular formula is C21H24F3N3O5S. The van der Waals surface area contributed by atoms with Gasteiger partial charge in [-0.1, -0.05) is 12.1 Å². The van der Waals surface area contributed by atoms with Crippen LogP contribution in [0.4, 0.5) is 19.0 Å². The lowest BCUT2D eigenvalue weighted by Gasteiger charge is -2.29. The molecule has 1 N–H and O–H groups in total. The summed E-state index contributed by atoms with van der Waals surface area (Å²) in [7, 11) is -4.47. The van der Waals surface area contributed by atoms with Crippen LogP contribution in [0.5, 0.6) is 0 Å². The number of carboxylic acids is 1. The number of nitrogens with zero attached hydrogens (tertiary/aromatic N) is 3. The van der Waals surface area contributed by atoms with Crippen LogP contribution in [0.25, 0.3) is 0 Å². The molecule has 0 spiro atoms. The van der Waals surface area contributed by atoms with E-state index in [1.807, 2.05) is 0 Å². The maximum Gasteiger partial charge on any atom is 0.417 e. The monoisotopic (exact) mass is 487 g/mol. The number of aryl methyl sites for hydroxylation is 1. The van der Waals surface area contributed by atoms with Gasteiger partial charge in [0.05, 0.1) is 27.4 Å². The number of hydrogen-bond acceptors (Lipinski definition) is 6. The molecule has 0 saturated carbocycles. The van der Waals surface area contributed by atoms with Gasteiger partial charge in [-0.3, -0.25) is 0 Å². The van der Waals surface area contributed by atoms with E-state index in [1.165, 1.54) is 11.0 Å². The molecule has 180 valence electrons. The Balaban J connectivity index is 1.72. The maximum atomic E-state index is 13.5. The van der Waals surface area contributed by atoms with Gasteiger partial charge in [-0.2, -0.15) is 18.3 Å². The lowest BCUT2D eigenvalue weighted by atomic mass is 10.1. The third kappa shape index (κ3) is 4.45. The normalized spacial score (nSPS) is 22.6. The summed E-state index contributed by atoms with van der Waals surface area (Å²) in [5.41, 5.74) is -0.618. The van der Waals surface area contributed by atoms with Gasteiger partial charge in [0.15, 0.2) is 9.84 Å². The Labute approximate surface area is 188 Å². The van der Waals surface area contributed by atoms with Crippen molar-refractivity contribution in [3.63, 3.8) is 0 Å². The number of alkyl halides is 3. The van der Waals surface area contributed by atoms with E-state index in [4.69, 9.17) is 4.74 Å². The molecule has 2 aliphatic heterocycles. The van der Waals surface area contributed by atoms with Gasteiger partial charge >= 0.3 is 12.1 Å². The topological polar surface area (TPSA) is 102 Å². The first-order chi connectivity index (χ1) is 15.5. The maximum absolute atomic E-state index is 13.5. The SMILES string of the molecule is Cc1cc(N2CC(S(=O)(=O)c3ccccc3C(F)(F)F)CC2C(=O)O)n(C2CCOCC2)n1. The van der Waals surface area contributed by atoms with Crippen LogP contribution in [0.3, 0.4) is 0 Å². The zero-order valence-corrected chi connectivity index (χ0v) is 18.6. The Morgan fingerprint density at radius 1 is 1.21 bits per heavy atom. The summed E-state index contributed by atoms with van der Waals surface area (Å²) in [6.45, 7) is 2.55. The van der Waals surface area contributed by atoms with Crippen molar-refractivity contribution in [1.82, 2.24) is 9.78 Å². The molecule has 1 aromatic carbocycles. The molecule has 2 fully saturated rings. The fraction of sp³-hybridized carbons (Fsp3) is 0.524. The molecular weight excluding hydrogens is 463 g/mol. The van der Waals surface area contributed by atoms with Crippen LogP contribution >= 0.6 is 0 Å². The first kappa shape index (κ1) is 23.6. The van der Waals surface area contributed by atoms with Crippen molar-refractivity contribution in [3.8, 4) is 0 Å². The zero-order chi connectivity index (χ0) is 24.0. The second kappa shape index (κ2) is 8.64. The van der Waals surface area contributed by atoms with Crippen molar-refractivity contribution in [1.29, 1.82) is 0 Å². The molecule has 0 aliphatic carbocycles. The number of carbonyl (C=O) groups is 1. The number of hydrogen-bond donors (Lipinski definition) is 1. The van der Waals surface area contributed by atoms with E-state index in [0.717, 1.165) is 18.2 Å². The number of ether oxygens (including phenoxy) is 1. The Hall–Kier alpha value is -2.60. The predicted octanol–water partition coefficient (Wildman–Crippen LogP) is 3.07. The molecule has 0 amide bonds. The van der Waals surface area contributed by atoms with E-state index >= 15 is 0 Å². The first-order valence-electron chi connectivity index (χ1n) is 10.5. The highest BCUT2D eigenvalue weighted by molar-refractivity contribution is 7.92. The highest BCUT2D eigenvalue weighted by Gasteiger charge is 2.47. The third-order valence-electron chi connectivity index (χ3n) is 6.15. The largest absolute Gasteiger partial charge is 0.480 e. The molecule has 2 unspecified atom stereocenters. The standard InChI is InChI=1S/C21H24F3N3O5S/c1-13-10-19(27(25-13)14-6-8-32-9-7-14)26-12-15(11-17(26)20(28)29)33(30,31)18-5-3-2-4-16(18)21(22,23)24/h2-5,10,14-15,17H,6-9,11-12H2,1H3,(H,28,29). The molecule has 8 nitrogen and oxygen atoms in total. The number of benzene rings is 1. The number of anilines is 1. The van der Waals surface area contributed by atoms with Crippen LogP contribution < -0.4 is 4.90 Å². The molecule has 1 aromatic heterocycles. The van der Waals surface area contributed by atoms with Crippen LogP contribution in [0.1, 0.15) is 36.6 Å². The van der Waals surface area contributed by atoms with Crippen molar-refractivity contribution in [2.24, 2.45) is 0 Å². The van der Waals surface area contributed by atoms with Gasteiger partial charge in [0.2, 0.25) is 0 Å². The summed E-state index contributed by atoms with van der Waals surface area (Å²) >= 11 is 0. The summed E-state index contributed by atoms with van der Waals surface area (Å²) in [5, 5.41) is 13.0. The quantitative estimate of drug-likeness (QED) is 0.692. The second-order valence-electron chi connectivity index (χ2n) is 8.34. The molecule has 33 heavy (non-hydrogen) atoms. The summed E-state index contributed by atoms with van der Waals surface area (Å²) in [5.74, 6) is -0.789. The number of sulfone groups is 1. The number of rotatable bonds is 5. The van der Waals surface area contributed by atoms with Crippen molar-refractivity contribution in [3.05, 3.63) is 41.6 Å². The van der Waals surface area contributed by atoms with Crippen molar-refractivity contribution in [2.75, 3.05) is 24.7 Å². The minimum Gasteiger partial charge on any atom is -0.480 e. The van der Waals surface area contributed by atoms with Gasteiger partial charge in [-0.25, -0.2) is 17.9 Å². The Kier molecular flexibility index (Phi) is 6.16. The van der Waals surface area contributed by atoms with E-state index in [9.17, 15) is 31.5 Å². The molecule has 2 atom stereocenters. The second-order valence-corrected chi connectivity index (χ2v) is 10.5. The Morgan fingerprint density at radius 3 is 2.52 bits per heavy atom. The van der Waals surface area contributed by atoms with E-state index in [2.05, 4.69) is 5.10 Å². The van der Waals surface area contributed by atoms with Crippen molar-refractivity contribution >= 4 is 21.6 Å². The van der Waals surface area contributed by atoms with Crippen LogP contribution in [0.15, 0.2) is 35.2 Å². The zero-order valence-electron chi connectivity index (χ0n) is 17.8.